The van der Waals surface area contributed by atoms with Crippen LogP contribution in [0.2, 0.25) is 0 Å². The van der Waals surface area contributed by atoms with Crippen LogP contribution in [0.5, 0.6) is 0 Å². The van der Waals surface area contributed by atoms with Crippen LogP contribution < -0.4 is 5.32 Å². The maximum atomic E-state index is 11.3. The lowest BCUT2D eigenvalue weighted by Crippen LogP contribution is -2.26. The average molecular weight is 213 g/mol. The molecule has 0 aromatic heterocycles. The van der Waals surface area contributed by atoms with Gasteiger partial charge in [0.25, 0.3) is 0 Å². The fraction of sp³-hybridized carbons (Fsp3) is 0.833. The van der Waals surface area contributed by atoms with E-state index in [0.29, 0.717) is 18.9 Å². The third-order valence-electron chi connectivity index (χ3n) is 2.54. The lowest BCUT2D eigenvalue weighted by Gasteiger charge is -2.09. The van der Waals surface area contributed by atoms with Crippen LogP contribution in [0.25, 0.3) is 0 Å². The number of nitrogens with one attached hydrogen (secondary N) is 1. The van der Waals surface area contributed by atoms with Gasteiger partial charge in [-0.2, -0.15) is 0 Å². The standard InChI is InChI=1S/C12H23NO2/c1-9(2)5-6-12(15)13-8-7-10(3)11(4)14/h9-10H,5-8H2,1-4H3,(H,13,15). The van der Waals surface area contributed by atoms with E-state index in [-0.39, 0.29) is 17.6 Å². The Bertz CT molecular complexity index is 212. The van der Waals surface area contributed by atoms with Crippen molar-refractivity contribution in [2.45, 2.75) is 47.0 Å². The Morgan fingerprint density at radius 2 is 1.73 bits per heavy atom. The molecule has 0 heterocycles. The lowest BCUT2D eigenvalue weighted by molar-refractivity contribution is -0.123. The topological polar surface area (TPSA) is 46.2 Å². The van der Waals surface area contributed by atoms with E-state index < -0.39 is 0 Å². The molecule has 0 aromatic carbocycles. The van der Waals surface area contributed by atoms with Crippen LogP contribution in [0.1, 0.15) is 47.0 Å². The predicted molar refractivity (Wildman–Crippen MR) is 61.5 cm³/mol. The first kappa shape index (κ1) is 14.1. The van der Waals surface area contributed by atoms with Gasteiger partial charge in [0.1, 0.15) is 5.78 Å². The van der Waals surface area contributed by atoms with Gasteiger partial charge in [-0.25, -0.2) is 0 Å². The minimum absolute atomic E-state index is 0.0513. The molecule has 1 atom stereocenters. The van der Waals surface area contributed by atoms with Crippen LogP contribution >= 0.6 is 0 Å². The SMILES string of the molecule is CC(=O)C(C)CCNC(=O)CCC(C)C. The van der Waals surface area contributed by atoms with Crippen molar-refractivity contribution in [3.63, 3.8) is 0 Å². The molecule has 0 saturated heterocycles. The summed E-state index contributed by atoms with van der Waals surface area (Å²) in [6.07, 6.45) is 2.25. The zero-order valence-electron chi connectivity index (χ0n) is 10.3. The number of amides is 1. The highest BCUT2D eigenvalue weighted by molar-refractivity contribution is 5.78. The molecular formula is C12H23NO2. The molecule has 0 aliphatic rings. The van der Waals surface area contributed by atoms with Gasteiger partial charge in [-0.05, 0) is 25.7 Å². The summed E-state index contributed by atoms with van der Waals surface area (Å²) >= 11 is 0. The van der Waals surface area contributed by atoms with Crippen molar-refractivity contribution >= 4 is 11.7 Å². The fourth-order valence-electron chi connectivity index (χ4n) is 1.14. The first-order valence-corrected chi connectivity index (χ1v) is 5.70. The van der Waals surface area contributed by atoms with Gasteiger partial charge < -0.3 is 5.32 Å². The number of ketones is 1. The monoisotopic (exact) mass is 213 g/mol. The summed E-state index contributed by atoms with van der Waals surface area (Å²) < 4.78 is 0. The predicted octanol–water partition coefficient (Wildman–Crippen LogP) is 2.15. The van der Waals surface area contributed by atoms with Crippen LogP contribution in [0.15, 0.2) is 0 Å². The second-order valence-electron chi connectivity index (χ2n) is 4.58. The van der Waals surface area contributed by atoms with E-state index in [9.17, 15) is 9.59 Å². The Kier molecular flexibility index (Phi) is 7.01. The van der Waals surface area contributed by atoms with Crippen molar-refractivity contribution in [3.05, 3.63) is 0 Å². The zero-order valence-corrected chi connectivity index (χ0v) is 10.3. The molecule has 0 fully saturated rings. The third-order valence-corrected chi connectivity index (χ3v) is 2.54. The van der Waals surface area contributed by atoms with E-state index in [1.54, 1.807) is 6.92 Å². The first-order chi connectivity index (χ1) is 6.93. The second kappa shape index (κ2) is 7.43. The van der Waals surface area contributed by atoms with Crippen molar-refractivity contribution in [2.24, 2.45) is 11.8 Å². The van der Waals surface area contributed by atoms with Gasteiger partial charge in [-0.3, -0.25) is 9.59 Å². The maximum Gasteiger partial charge on any atom is 0.220 e. The van der Waals surface area contributed by atoms with E-state index in [1.807, 2.05) is 6.92 Å². The van der Waals surface area contributed by atoms with E-state index in [2.05, 4.69) is 19.2 Å². The fourth-order valence-corrected chi connectivity index (χ4v) is 1.14. The van der Waals surface area contributed by atoms with Crippen LogP contribution in [0.4, 0.5) is 0 Å². The number of hydrogen-bond acceptors (Lipinski definition) is 2. The largest absolute Gasteiger partial charge is 0.356 e. The van der Waals surface area contributed by atoms with Gasteiger partial charge in [0.15, 0.2) is 0 Å². The molecule has 0 bridgehead atoms. The van der Waals surface area contributed by atoms with Crippen molar-refractivity contribution < 1.29 is 9.59 Å². The molecule has 3 heteroatoms. The van der Waals surface area contributed by atoms with Crippen LogP contribution in [-0.2, 0) is 9.59 Å². The Morgan fingerprint density at radius 1 is 1.13 bits per heavy atom. The Labute approximate surface area is 92.6 Å². The molecule has 1 amide bonds. The van der Waals surface area contributed by atoms with Crippen molar-refractivity contribution in [3.8, 4) is 0 Å². The molecular weight excluding hydrogens is 190 g/mol. The number of Topliss-reactive ketones (excluding diaryl/α,β-unsaturated/α-hetero) is 1. The molecule has 0 aliphatic heterocycles. The van der Waals surface area contributed by atoms with Crippen molar-refractivity contribution in [1.29, 1.82) is 0 Å². The summed E-state index contributed by atoms with van der Waals surface area (Å²) in [6.45, 7) is 8.29. The third kappa shape index (κ3) is 8.16. The summed E-state index contributed by atoms with van der Waals surface area (Å²) in [4.78, 5) is 22.2. The molecule has 15 heavy (non-hydrogen) atoms. The molecule has 0 saturated carbocycles. The Morgan fingerprint density at radius 3 is 2.20 bits per heavy atom. The smallest absolute Gasteiger partial charge is 0.220 e. The van der Waals surface area contributed by atoms with Crippen molar-refractivity contribution in [2.75, 3.05) is 6.54 Å². The normalized spacial score (nSPS) is 12.6. The minimum atomic E-state index is 0.0513. The Hall–Kier alpha value is -0.860. The van der Waals surface area contributed by atoms with Gasteiger partial charge in [-0.1, -0.05) is 20.8 Å². The number of hydrogen-bond donors (Lipinski definition) is 1. The number of rotatable bonds is 7. The van der Waals surface area contributed by atoms with Gasteiger partial charge in [0.2, 0.25) is 5.91 Å². The Balaban J connectivity index is 3.51. The van der Waals surface area contributed by atoms with Crippen LogP contribution in [0.3, 0.4) is 0 Å². The van der Waals surface area contributed by atoms with Crippen molar-refractivity contribution in [1.82, 2.24) is 5.32 Å². The highest BCUT2D eigenvalue weighted by Gasteiger charge is 2.08. The molecule has 88 valence electrons. The van der Waals surface area contributed by atoms with Crippen LogP contribution in [0, 0.1) is 11.8 Å². The second-order valence-corrected chi connectivity index (χ2v) is 4.58. The van der Waals surface area contributed by atoms with Gasteiger partial charge in [0.05, 0.1) is 0 Å². The average Bonchev–Trinajstić information content (AvgIpc) is 2.14. The maximum absolute atomic E-state index is 11.3. The molecule has 1 unspecified atom stereocenters. The van der Waals surface area contributed by atoms with E-state index >= 15 is 0 Å². The van der Waals surface area contributed by atoms with Gasteiger partial charge in [-0.15, -0.1) is 0 Å². The summed E-state index contributed by atoms with van der Waals surface area (Å²) in [6, 6.07) is 0. The summed E-state index contributed by atoms with van der Waals surface area (Å²) in [7, 11) is 0. The molecule has 0 spiro atoms. The minimum Gasteiger partial charge on any atom is -0.356 e. The first-order valence-electron chi connectivity index (χ1n) is 5.70. The quantitative estimate of drug-likeness (QED) is 0.704. The lowest BCUT2D eigenvalue weighted by atomic mass is 10.0. The molecule has 3 nitrogen and oxygen atoms in total. The van der Waals surface area contributed by atoms with E-state index in [1.165, 1.54) is 0 Å². The summed E-state index contributed by atoms with van der Waals surface area (Å²) in [5, 5.41) is 2.83. The van der Waals surface area contributed by atoms with E-state index in [4.69, 9.17) is 0 Å². The molecule has 0 aliphatic carbocycles. The highest BCUT2D eigenvalue weighted by atomic mass is 16.1. The number of carbonyl (C=O) groups excluding carboxylic acids is 2. The molecule has 0 aromatic rings. The van der Waals surface area contributed by atoms with Gasteiger partial charge in [0, 0.05) is 18.9 Å². The zero-order chi connectivity index (χ0) is 11.8. The van der Waals surface area contributed by atoms with E-state index in [0.717, 1.165) is 12.8 Å². The summed E-state index contributed by atoms with van der Waals surface area (Å²) in [5.74, 6) is 0.896. The van der Waals surface area contributed by atoms with Gasteiger partial charge >= 0.3 is 0 Å². The number of carbonyl (C=O) groups is 2. The van der Waals surface area contributed by atoms with Crippen LogP contribution in [-0.4, -0.2) is 18.2 Å². The molecule has 0 radical (unpaired) electrons. The summed E-state index contributed by atoms with van der Waals surface area (Å²) in [5.41, 5.74) is 0. The molecule has 1 N–H and O–H groups in total. The highest BCUT2D eigenvalue weighted by Crippen LogP contribution is 2.04. The molecule has 0 rings (SSSR count).